The van der Waals surface area contributed by atoms with Crippen LogP contribution in [0.1, 0.15) is 12.0 Å². The lowest BCUT2D eigenvalue weighted by atomic mass is 10.1. The second kappa shape index (κ2) is 8.88. The Bertz CT molecular complexity index is 736. The monoisotopic (exact) mass is 373 g/mol. The quantitative estimate of drug-likeness (QED) is 0.746. The molecule has 0 spiro atoms. The summed E-state index contributed by atoms with van der Waals surface area (Å²) in [5.41, 5.74) is 6.90. The van der Waals surface area contributed by atoms with Gasteiger partial charge >= 0.3 is 0 Å². The summed E-state index contributed by atoms with van der Waals surface area (Å²) in [5.74, 6) is 2.65. The van der Waals surface area contributed by atoms with E-state index in [-0.39, 0.29) is 12.6 Å². The molecule has 1 aliphatic rings. The molecule has 27 heavy (non-hydrogen) atoms. The summed E-state index contributed by atoms with van der Waals surface area (Å²) >= 11 is 0. The van der Waals surface area contributed by atoms with Crippen LogP contribution in [-0.4, -0.2) is 66.5 Å². The van der Waals surface area contributed by atoms with Crippen molar-refractivity contribution in [2.75, 3.05) is 51.1 Å². The summed E-state index contributed by atoms with van der Waals surface area (Å²) in [7, 11) is 3.30. The molecule has 1 aromatic heterocycles. The average Bonchev–Trinajstić information content (AvgIpc) is 2.69. The topological polar surface area (TPSA) is 97.0 Å². The van der Waals surface area contributed by atoms with E-state index in [2.05, 4.69) is 19.8 Å². The predicted octanol–water partition coefficient (Wildman–Crippen LogP) is 1.15. The van der Waals surface area contributed by atoms with E-state index in [4.69, 9.17) is 15.2 Å². The van der Waals surface area contributed by atoms with Crippen LogP contribution in [0.2, 0.25) is 0 Å². The first-order chi connectivity index (χ1) is 13.1. The Kier molecular flexibility index (Phi) is 6.31. The van der Waals surface area contributed by atoms with Crippen LogP contribution in [-0.2, 0) is 6.54 Å². The summed E-state index contributed by atoms with van der Waals surface area (Å²) in [6.07, 6.45) is 2.35. The number of hydrogen-bond acceptors (Lipinski definition) is 8. The number of nitrogen functional groups attached to an aromatic ring is 1. The number of rotatable bonds is 7. The van der Waals surface area contributed by atoms with Crippen molar-refractivity contribution in [1.29, 1.82) is 0 Å². The molecule has 2 heterocycles. The lowest BCUT2D eigenvalue weighted by molar-refractivity contribution is 0.134. The minimum absolute atomic E-state index is 0.133. The van der Waals surface area contributed by atoms with E-state index in [9.17, 15) is 5.11 Å². The lowest BCUT2D eigenvalue weighted by Crippen LogP contribution is -2.53. The molecule has 0 amide bonds. The molecule has 146 valence electrons. The molecule has 0 saturated carbocycles. The fourth-order valence-corrected chi connectivity index (χ4v) is 3.41. The number of nitrogens with zero attached hydrogens (tertiary/aromatic N) is 4. The molecule has 1 atom stereocenters. The van der Waals surface area contributed by atoms with Gasteiger partial charge in [-0.15, -0.1) is 0 Å². The maximum absolute atomic E-state index is 9.53. The smallest absolute Gasteiger partial charge is 0.227 e. The SMILES string of the molecule is COc1cc(CN2CCN(c3nccc(N)n3)C[C@@H]2CCO)cc(OC)c1. The van der Waals surface area contributed by atoms with Gasteiger partial charge in [0, 0.05) is 51.1 Å². The Morgan fingerprint density at radius 1 is 1.19 bits per heavy atom. The Morgan fingerprint density at radius 3 is 2.56 bits per heavy atom. The van der Waals surface area contributed by atoms with Crippen LogP contribution < -0.4 is 20.1 Å². The highest BCUT2D eigenvalue weighted by Crippen LogP contribution is 2.26. The zero-order valence-corrected chi connectivity index (χ0v) is 15.8. The molecule has 0 bridgehead atoms. The van der Waals surface area contributed by atoms with Crippen molar-refractivity contribution >= 4 is 11.8 Å². The van der Waals surface area contributed by atoms with Crippen LogP contribution in [0.5, 0.6) is 11.5 Å². The fourth-order valence-electron chi connectivity index (χ4n) is 3.41. The van der Waals surface area contributed by atoms with Crippen molar-refractivity contribution in [2.45, 2.75) is 19.0 Å². The first-order valence-electron chi connectivity index (χ1n) is 9.03. The molecule has 0 aliphatic carbocycles. The van der Waals surface area contributed by atoms with Gasteiger partial charge in [0.2, 0.25) is 5.95 Å². The largest absolute Gasteiger partial charge is 0.497 e. The van der Waals surface area contributed by atoms with Crippen LogP contribution in [0.15, 0.2) is 30.5 Å². The zero-order valence-electron chi connectivity index (χ0n) is 15.8. The highest BCUT2D eigenvalue weighted by atomic mass is 16.5. The third-order valence-corrected chi connectivity index (χ3v) is 4.81. The van der Waals surface area contributed by atoms with E-state index < -0.39 is 0 Å². The second-order valence-corrected chi connectivity index (χ2v) is 6.59. The number of benzene rings is 1. The molecular weight excluding hydrogens is 346 g/mol. The molecule has 3 N–H and O–H groups in total. The van der Waals surface area contributed by atoms with Gasteiger partial charge in [0.25, 0.3) is 0 Å². The van der Waals surface area contributed by atoms with Gasteiger partial charge in [-0.2, -0.15) is 4.98 Å². The minimum atomic E-state index is 0.133. The van der Waals surface area contributed by atoms with Gasteiger partial charge in [-0.3, -0.25) is 4.90 Å². The summed E-state index contributed by atoms with van der Waals surface area (Å²) in [5, 5.41) is 9.53. The van der Waals surface area contributed by atoms with Crippen LogP contribution in [0.4, 0.5) is 11.8 Å². The standard InChI is InChI=1S/C19H27N5O3/c1-26-16-9-14(10-17(11-16)27-2)12-23-6-7-24(13-15(23)4-8-25)19-21-5-3-18(20)22-19/h3,5,9-11,15,25H,4,6-8,12-13H2,1-2H3,(H2,20,21,22)/t15-/m0/s1. The van der Waals surface area contributed by atoms with Crippen molar-refractivity contribution in [3.05, 3.63) is 36.0 Å². The number of hydrogen-bond donors (Lipinski definition) is 2. The van der Waals surface area contributed by atoms with E-state index in [0.29, 0.717) is 18.2 Å². The van der Waals surface area contributed by atoms with Crippen LogP contribution in [0.25, 0.3) is 0 Å². The van der Waals surface area contributed by atoms with Crippen LogP contribution >= 0.6 is 0 Å². The van der Waals surface area contributed by atoms with Gasteiger partial charge in [0.15, 0.2) is 0 Å². The Balaban J connectivity index is 1.74. The van der Waals surface area contributed by atoms with Gasteiger partial charge in [0.05, 0.1) is 14.2 Å². The maximum atomic E-state index is 9.53. The molecule has 3 rings (SSSR count). The highest BCUT2D eigenvalue weighted by Gasteiger charge is 2.28. The lowest BCUT2D eigenvalue weighted by Gasteiger charge is -2.41. The van der Waals surface area contributed by atoms with Gasteiger partial charge in [-0.05, 0) is 30.2 Å². The van der Waals surface area contributed by atoms with Gasteiger partial charge in [-0.25, -0.2) is 4.98 Å². The molecule has 1 aromatic carbocycles. The van der Waals surface area contributed by atoms with Crippen molar-refractivity contribution in [1.82, 2.24) is 14.9 Å². The fraction of sp³-hybridized carbons (Fsp3) is 0.474. The molecule has 2 aromatic rings. The summed E-state index contributed by atoms with van der Waals surface area (Å²) in [6.45, 7) is 3.26. The normalized spacial score (nSPS) is 17.7. The van der Waals surface area contributed by atoms with Crippen molar-refractivity contribution in [3.8, 4) is 11.5 Å². The first kappa shape index (κ1) is 19.2. The first-order valence-corrected chi connectivity index (χ1v) is 9.03. The number of piperazine rings is 1. The maximum Gasteiger partial charge on any atom is 0.227 e. The van der Waals surface area contributed by atoms with Crippen molar-refractivity contribution < 1.29 is 14.6 Å². The number of aromatic nitrogens is 2. The molecule has 8 heteroatoms. The number of nitrogens with two attached hydrogens (primary N) is 1. The van der Waals surface area contributed by atoms with Gasteiger partial charge in [-0.1, -0.05) is 0 Å². The van der Waals surface area contributed by atoms with E-state index in [1.54, 1.807) is 26.5 Å². The summed E-state index contributed by atoms with van der Waals surface area (Å²) in [4.78, 5) is 13.1. The third kappa shape index (κ3) is 4.78. The van der Waals surface area contributed by atoms with Crippen LogP contribution in [0, 0.1) is 0 Å². The second-order valence-electron chi connectivity index (χ2n) is 6.59. The molecule has 1 fully saturated rings. The Morgan fingerprint density at radius 2 is 1.93 bits per heavy atom. The Hall–Kier alpha value is -2.58. The minimum Gasteiger partial charge on any atom is -0.497 e. The molecule has 1 saturated heterocycles. The molecular formula is C19H27N5O3. The van der Waals surface area contributed by atoms with E-state index >= 15 is 0 Å². The molecule has 0 unspecified atom stereocenters. The average molecular weight is 373 g/mol. The summed E-state index contributed by atoms with van der Waals surface area (Å²) in [6, 6.07) is 7.77. The number of methoxy groups -OCH3 is 2. The number of ether oxygens (including phenoxy) is 2. The van der Waals surface area contributed by atoms with Gasteiger partial charge in [0.1, 0.15) is 17.3 Å². The van der Waals surface area contributed by atoms with E-state index in [1.807, 2.05) is 18.2 Å². The van der Waals surface area contributed by atoms with E-state index in [1.165, 1.54) is 0 Å². The number of aliphatic hydroxyl groups excluding tert-OH is 1. The summed E-state index contributed by atoms with van der Waals surface area (Å²) < 4.78 is 10.7. The van der Waals surface area contributed by atoms with E-state index in [0.717, 1.165) is 43.2 Å². The molecule has 0 radical (unpaired) electrons. The third-order valence-electron chi connectivity index (χ3n) is 4.81. The highest BCUT2D eigenvalue weighted by molar-refractivity contribution is 5.40. The van der Waals surface area contributed by atoms with Crippen LogP contribution in [0.3, 0.4) is 0 Å². The zero-order chi connectivity index (χ0) is 19.2. The van der Waals surface area contributed by atoms with Crippen molar-refractivity contribution in [3.63, 3.8) is 0 Å². The Labute approximate surface area is 159 Å². The van der Waals surface area contributed by atoms with Crippen molar-refractivity contribution in [2.24, 2.45) is 0 Å². The van der Waals surface area contributed by atoms with Gasteiger partial charge < -0.3 is 25.2 Å². The molecule has 1 aliphatic heterocycles. The number of anilines is 2. The molecule has 8 nitrogen and oxygen atoms in total. The number of aliphatic hydroxyl groups is 1. The predicted molar refractivity (Wildman–Crippen MR) is 104 cm³/mol.